The summed E-state index contributed by atoms with van der Waals surface area (Å²) in [4.78, 5) is 14.3. The van der Waals surface area contributed by atoms with Crippen LogP contribution in [0.4, 0.5) is 5.82 Å². The van der Waals surface area contributed by atoms with E-state index in [0.29, 0.717) is 0 Å². The predicted molar refractivity (Wildman–Crippen MR) is 97.2 cm³/mol. The van der Waals surface area contributed by atoms with Gasteiger partial charge < -0.3 is 15.6 Å². The molecule has 3 aromatic rings. The molecule has 0 saturated carbocycles. The second-order valence-electron chi connectivity index (χ2n) is 6.60. The lowest BCUT2D eigenvalue weighted by molar-refractivity contribution is 0.299. The lowest BCUT2D eigenvalue weighted by Crippen LogP contribution is -2.52. The van der Waals surface area contributed by atoms with E-state index in [4.69, 9.17) is 17.3 Å². The molecule has 6 heteroatoms. The largest absolute Gasteiger partial charge is 0.353 e. The Bertz CT molecular complexity index is 859. The number of nitrogens with two attached hydrogens (primary N) is 1. The number of benzene rings is 1. The number of anilines is 1. The summed E-state index contributed by atoms with van der Waals surface area (Å²) in [7, 11) is 0. The first-order valence-electron chi connectivity index (χ1n) is 8.16. The van der Waals surface area contributed by atoms with E-state index in [1.807, 2.05) is 36.5 Å². The molecule has 24 heavy (non-hydrogen) atoms. The molecular weight excluding hydrogens is 322 g/mol. The van der Waals surface area contributed by atoms with Crippen molar-refractivity contribution in [2.75, 3.05) is 11.4 Å². The molecule has 0 bridgehead atoms. The van der Waals surface area contributed by atoms with Crippen molar-refractivity contribution in [2.45, 2.75) is 31.3 Å². The molecule has 3 N–H and O–H groups in total. The van der Waals surface area contributed by atoms with Gasteiger partial charge in [0, 0.05) is 29.3 Å². The third-order valence-electron chi connectivity index (χ3n) is 5.01. The Hall–Kier alpha value is -2.11. The van der Waals surface area contributed by atoms with Gasteiger partial charge in [0.25, 0.3) is 0 Å². The predicted octanol–water partition coefficient (Wildman–Crippen LogP) is 3.45. The van der Waals surface area contributed by atoms with E-state index in [9.17, 15) is 0 Å². The van der Waals surface area contributed by atoms with Crippen LogP contribution in [0.3, 0.4) is 0 Å². The first-order chi connectivity index (χ1) is 11.6. The summed E-state index contributed by atoms with van der Waals surface area (Å²) in [5.74, 6) is 0.979. The third kappa shape index (κ3) is 2.54. The number of nitrogens with zero attached hydrogens (tertiary/aromatic N) is 3. The average molecular weight is 342 g/mol. The molecule has 0 aliphatic carbocycles. The zero-order chi connectivity index (χ0) is 16.7. The van der Waals surface area contributed by atoms with Crippen molar-refractivity contribution in [1.82, 2.24) is 15.0 Å². The van der Waals surface area contributed by atoms with Gasteiger partial charge in [0.1, 0.15) is 17.8 Å². The summed E-state index contributed by atoms with van der Waals surface area (Å²) >= 11 is 6.01. The van der Waals surface area contributed by atoms with Crippen molar-refractivity contribution in [2.24, 2.45) is 5.73 Å². The van der Waals surface area contributed by atoms with Crippen molar-refractivity contribution >= 4 is 28.5 Å². The number of H-pyrrole nitrogens is 1. The molecule has 124 valence electrons. The molecule has 1 saturated heterocycles. The topological polar surface area (TPSA) is 70.8 Å². The van der Waals surface area contributed by atoms with Crippen LogP contribution in [-0.2, 0) is 5.54 Å². The van der Waals surface area contributed by atoms with Gasteiger partial charge in [-0.1, -0.05) is 23.7 Å². The quantitative estimate of drug-likeness (QED) is 0.749. The van der Waals surface area contributed by atoms with Crippen LogP contribution in [0, 0.1) is 0 Å². The molecule has 1 aromatic carbocycles. The number of hydrogen-bond donors (Lipinski definition) is 2. The summed E-state index contributed by atoms with van der Waals surface area (Å²) < 4.78 is 0. The van der Waals surface area contributed by atoms with E-state index in [2.05, 4.69) is 26.8 Å². The number of piperidine rings is 1. The van der Waals surface area contributed by atoms with E-state index in [0.717, 1.165) is 46.8 Å². The van der Waals surface area contributed by atoms with Crippen LogP contribution in [0.5, 0.6) is 0 Å². The molecule has 5 nitrogen and oxygen atoms in total. The van der Waals surface area contributed by atoms with Crippen molar-refractivity contribution < 1.29 is 0 Å². The van der Waals surface area contributed by atoms with Gasteiger partial charge in [-0.3, -0.25) is 0 Å². The number of halogens is 1. The van der Waals surface area contributed by atoms with Gasteiger partial charge in [0.15, 0.2) is 0 Å². The van der Waals surface area contributed by atoms with Gasteiger partial charge in [0.2, 0.25) is 0 Å². The number of rotatable bonds is 2. The van der Waals surface area contributed by atoms with Gasteiger partial charge in [-0.15, -0.1) is 0 Å². The van der Waals surface area contributed by atoms with Crippen LogP contribution in [-0.4, -0.2) is 27.5 Å². The van der Waals surface area contributed by atoms with E-state index in [-0.39, 0.29) is 11.6 Å². The molecule has 1 fully saturated rings. The molecule has 1 aliphatic rings. The first kappa shape index (κ1) is 15.4. The normalized spacial score (nSPS) is 24.5. The Labute approximate surface area is 145 Å². The van der Waals surface area contributed by atoms with E-state index < -0.39 is 0 Å². The maximum Gasteiger partial charge on any atom is 0.142 e. The fourth-order valence-corrected chi connectivity index (χ4v) is 3.85. The molecule has 3 heterocycles. The Balaban J connectivity index is 1.63. The molecule has 0 radical (unpaired) electrons. The lowest BCUT2D eigenvalue weighted by Gasteiger charge is -2.44. The molecule has 1 aliphatic heterocycles. The van der Waals surface area contributed by atoms with E-state index in [1.54, 1.807) is 6.33 Å². The minimum absolute atomic E-state index is 0.285. The van der Waals surface area contributed by atoms with Gasteiger partial charge >= 0.3 is 0 Å². The van der Waals surface area contributed by atoms with Gasteiger partial charge in [-0.2, -0.15) is 0 Å². The summed E-state index contributed by atoms with van der Waals surface area (Å²) in [5, 5.41) is 1.80. The Morgan fingerprint density at radius 1 is 1.25 bits per heavy atom. The van der Waals surface area contributed by atoms with Gasteiger partial charge in [0.05, 0.1) is 5.39 Å². The highest BCUT2D eigenvalue weighted by Crippen LogP contribution is 2.37. The van der Waals surface area contributed by atoms with E-state index >= 15 is 0 Å². The van der Waals surface area contributed by atoms with Crippen LogP contribution < -0.4 is 10.6 Å². The summed E-state index contributed by atoms with van der Waals surface area (Å²) in [6.45, 7) is 3.06. The van der Waals surface area contributed by atoms with Crippen molar-refractivity contribution in [3.8, 4) is 0 Å². The minimum Gasteiger partial charge on any atom is -0.353 e. The number of fused-ring (bicyclic) bond motifs is 1. The number of nitrogens with one attached hydrogen (secondary N) is 1. The maximum absolute atomic E-state index is 6.75. The molecule has 4 rings (SSSR count). The van der Waals surface area contributed by atoms with Crippen molar-refractivity contribution in [3.63, 3.8) is 0 Å². The second-order valence-corrected chi connectivity index (χ2v) is 7.03. The molecule has 2 aromatic heterocycles. The second kappa shape index (κ2) is 5.76. The molecular formula is C18H20ClN5. The molecule has 0 unspecified atom stereocenters. The third-order valence-corrected chi connectivity index (χ3v) is 5.27. The summed E-state index contributed by atoms with van der Waals surface area (Å²) in [5.41, 5.74) is 8.43. The van der Waals surface area contributed by atoms with Crippen LogP contribution in [0.1, 0.15) is 25.3 Å². The van der Waals surface area contributed by atoms with Crippen molar-refractivity contribution in [3.05, 3.63) is 53.4 Å². The standard InChI is InChI=1S/C18H20ClN5/c1-12-10-18(20,13-2-4-14(19)5-3-13)7-9-24(12)17-15-6-8-21-16(15)22-11-23-17/h2-6,8,11-12H,7,9-10,20H2,1H3,(H,21,22,23)/t12-,18+/m0/s1. The number of hydrogen-bond acceptors (Lipinski definition) is 4. The average Bonchev–Trinajstić information content (AvgIpc) is 3.04. The molecule has 0 spiro atoms. The monoisotopic (exact) mass is 341 g/mol. The number of aromatic nitrogens is 3. The summed E-state index contributed by atoms with van der Waals surface area (Å²) in [6.07, 6.45) is 5.25. The smallest absolute Gasteiger partial charge is 0.142 e. The Morgan fingerprint density at radius 3 is 2.79 bits per heavy atom. The Kier molecular flexibility index (Phi) is 3.70. The van der Waals surface area contributed by atoms with Gasteiger partial charge in [-0.25, -0.2) is 9.97 Å². The first-order valence-corrected chi connectivity index (χ1v) is 8.54. The SMILES string of the molecule is C[C@H]1C[C@@](N)(c2ccc(Cl)cc2)CCN1c1ncnc2[nH]ccc12. The van der Waals surface area contributed by atoms with Crippen LogP contribution in [0.15, 0.2) is 42.9 Å². The highest BCUT2D eigenvalue weighted by atomic mass is 35.5. The van der Waals surface area contributed by atoms with Gasteiger partial charge in [-0.05, 0) is 43.5 Å². The van der Waals surface area contributed by atoms with Crippen LogP contribution >= 0.6 is 11.6 Å². The van der Waals surface area contributed by atoms with Crippen LogP contribution in [0.25, 0.3) is 11.0 Å². The van der Waals surface area contributed by atoms with E-state index in [1.165, 1.54) is 0 Å². The van der Waals surface area contributed by atoms with Crippen LogP contribution in [0.2, 0.25) is 5.02 Å². The number of aromatic amines is 1. The highest BCUT2D eigenvalue weighted by molar-refractivity contribution is 6.30. The maximum atomic E-state index is 6.75. The lowest BCUT2D eigenvalue weighted by atomic mass is 9.79. The minimum atomic E-state index is -0.329. The zero-order valence-corrected chi connectivity index (χ0v) is 14.3. The molecule has 2 atom stereocenters. The highest BCUT2D eigenvalue weighted by Gasteiger charge is 2.37. The zero-order valence-electron chi connectivity index (χ0n) is 13.5. The fourth-order valence-electron chi connectivity index (χ4n) is 3.73. The fraction of sp³-hybridized carbons (Fsp3) is 0.333. The Morgan fingerprint density at radius 2 is 2.04 bits per heavy atom. The van der Waals surface area contributed by atoms with Crippen molar-refractivity contribution in [1.29, 1.82) is 0 Å². The summed E-state index contributed by atoms with van der Waals surface area (Å²) in [6, 6.07) is 10.2. The molecule has 0 amide bonds.